The van der Waals surface area contributed by atoms with Crippen molar-refractivity contribution in [2.75, 3.05) is 27.2 Å². The lowest BCUT2D eigenvalue weighted by Crippen LogP contribution is -3.09. The highest BCUT2D eigenvalue weighted by molar-refractivity contribution is 5.94. The fourth-order valence-corrected chi connectivity index (χ4v) is 2.40. The van der Waals surface area contributed by atoms with Crippen LogP contribution in [0.5, 0.6) is 5.75 Å². The fraction of sp³-hybridized carbons (Fsp3) is 0.556. The van der Waals surface area contributed by atoms with E-state index in [1.54, 1.807) is 7.11 Å². The SMILES string of the molecule is COc1ccc(C)cc1C[NH+](C)CC(=O)NC(=O)NCCC(C)C. The van der Waals surface area contributed by atoms with Crippen molar-refractivity contribution < 1.29 is 19.2 Å². The van der Waals surface area contributed by atoms with Gasteiger partial charge in [-0.3, -0.25) is 10.1 Å². The third kappa shape index (κ3) is 7.46. The molecular weight excluding hydrogens is 306 g/mol. The summed E-state index contributed by atoms with van der Waals surface area (Å²) in [6, 6.07) is 5.55. The lowest BCUT2D eigenvalue weighted by molar-refractivity contribution is -0.885. The molecule has 0 saturated carbocycles. The van der Waals surface area contributed by atoms with Crippen molar-refractivity contribution in [3.63, 3.8) is 0 Å². The maximum absolute atomic E-state index is 11.9. The predicted molar refractivity (Wildman–Crippen MR) is 94.2 cm³/mol. The van der Waals surface area contributed by atoms with E-state index in [2.05, 4.69) is 30.5 Å². The van der Waals surface area contributed by atoms with Gasteiger partial charge in [0.05, 0.1) is 14.2 Å². The van der Waals surface area contributed by atoms with Gasteiger partial charge >= 0.3 is 6.03 Å². The normalized spacial score (nSPS) is 11.9. The average Bonchev–Trinajstić information content (AvgIpc) is 2.46. The highest BCUT2D eigenvalue weighted by Crippen LogP contribution is 2.18. The summed E-state index contributed by atoms with van der Waals surface area (Å²) in [5.74, 6) is 1.04. The molecule has 1 atom stereocenters. The van der Waals surface area contributed by atoms with Crippen molar-refractivity contribution in [2.45, 2.75) is 33.7 Å². The van der Waals surface area contributed by atoms with Crippen LogP contribution >= 0.6 is 0 Å². The van der Waals surface area contributed by atoms with Gasteiger partial charge in [-0.2, -0.15) is 0 Å². The summed E-state index contributed by atoms with van der Waals surface area (Å²) in [7, 11) is 3.55. The van der Waals surface area contributed by atoms with Crippen molar-refractivity contribution in [2.24, 2.45) is 5.92 Å². The van der Waals surface area contributed by atoms with Crippen LogP contribution in [0.3, 0.4) is 0 Å². The first-order valence-electron chi connectivity index (χ1n) is 8.34. The first-order valence-corrected chi connectivity index (χ1v) is 8.34. The Bertz CT molecular complexity index is 558. The van der Waals surface area contributed by atoms with Crippen molar-refractivity contribution in [3.8, 4) is 5.75 Å². The van der Waals surface area contributed by atoms with Crippen LogP contribution in [-0.4, -0.2) is 39.2 Å². The lowest BCUT2D eigenvalue weighted by atomic mass is 10.1. The van der Waals surface area contributed by atoms with Crippen molar-refractivity contribution in [1.82, 2.24) is 10.6 Å². The van der Waals surface area contributed by atoms with Gasteiger partial charge in [-0.15, -0.1) is 0 Å². The molecule has 0 fully saturated rings. The third-order valence-electron chi connectivity index (χ3n) is 3.65. The summed E-state index contributed by atoms with van der Waals surface area (Å²) in [6.45, 7) is 7.62. The number of ether oxygens (including phenoxy) is 1. The van der Waals surface area contributed by atoms with Crippen molar-refractivity contribution in [1.29, 1.82) is 0 Å². The molecule has 3 amide bonds. The number of carbonyl (C=O) groups is 2. The Morgan fingerprint density at radius 3 is 2.62 bits per heavy atom. The summed E-state index contributed by atoms with van der Waals surface area (Å²) < 4.78 is 5.36. The lowest BCUT2D eigenvalue weighted by Gasteiger charge is -2.16. The molecule has 1 aromatic carbocycles. The standard InChI is InChI=1S/C18H29N3O3/c1-13(2)8-9-19-18(23)20-17(22)12-21(4)11-15-10-14(3)6-7-16(15)24-5/h6-7,10,13H,8-9,11-12H2,1-5H3,(H2,19,20,22,23)/p+1. The number of nitrogens with one attached hydrogen (secondary N) is 3. The topological polar surface area (TPSA) is 71.9 Å². The Balaban J connectivity index is 2.44. The number of hydrogen-bond donors (Lipinski definition) is 3. The molecule has 6 nitrogen and oxygen atoms in total. The smallest absolute Gasteiger partial charge is 0.321 e. The van der Waals surface area contributed by atoms with E-state index in [9.17, 15) is 9.59 Å². The Hall–Kier alpha value is -2.08. The molecule has 3 N–H and O–H groups in total. The van der Waals surface area contributed by atoms with E-state index in [-0.39, 0.29) is 12.5 Å². The zero-order valence-electron chi connectivity index (χ0n) is 15.4. The monoisotopic (exact) mass is 336 g/mol. The molecule has 0 aliphatic carbocycles. The largest absolute Gasteiger partial charge is 0.496 e. The molecule has 6 heteroatoms. The number of methoxy groups -OCH3 is 1. The second kappa shape index (κ2) is 9.93. The highest BCUT2D eigenvalue weighted by Gasteiger charge is 2.15. The number of likely N-dealkylation sites (N-methyl/N-ethyl adjacent to an activating group) is 1. The van der Waals surface area contributed by atoms with Crippen LogP contribution in [0, 0.1) is 12.8 Å². The van der Waals surface area contributed by atoms with Crippen LogP contribution in [0.2, 0.25) is 0 Å². The minimum atomic E-state index is -0.429. The molecule has 134 valence electrons. The molecule has 1 rings (SSSR count). The zero-order valence-corrected chi connectivity index (χ0v) is 15.4. The number of benzene rings is 1. The number of carbonyl (C=O) groups excluding carboxylic acids is 2. The van der Waals surface area contributed by atoms with Crippen LogP contribution < -0.4 is 20.3 Å². The second-order valence-corrected chi connectivity index (χ2v) is 6.61. The average molecular weight is 336 g/mol. The number of rotatable bonds is 8. The molecule has 0 spiro atoms. The van der Waals surface area contributed by atoms with Crippen molar-refractivity contribution in [3.05, 3.63) is 29.3 Å². The molecule has 1 aromatic rings. The first-order chi connectivity index (χ1) is 11.3. The van der Waals surface area contributed by atoms with Gasteiger partial charge in [0, 0.05) is 12.1 Å². The molecule has 1 unspecified atom stereocenters. The quantitative estimate of drug-likeness (QED) is 0.660. The van der Waals surface area contributed by atoms with E-state index >= 15 is 0 Å². The summed E-state index contributed by atoms with van der Waals surface area (Å²) in [4.78, 5) is 24.6. The molecule has 0 heterocycles. The molecular formula is C18H30N3O3+. The van der Waals surface area contributed by atoms with E-state index < -0.39 is 6.03 Å². The maximum Gasteiger partial charge on any atom is 0.321 e. The number of urea groups is 1. The minimum absolute atomic E-state index is 0.217. The number of imide groups is 1. The third-order valence-corrected chi connectivity index (χ3v) is 3.65. The van der Waals surface area contributed by atoms with Gasteiger partial charge in [-0.05, 0) is 31.4 Å². The van der Waals surface area contributed by atoms with Gasteiger partial charge in [0.2, 0.25) is 0 Å². The van der Waals surface area contributed by atoms with Crippen LogP contribution in [0.1, 0.15) is 31.4 Å². The van der Waals surface area contributed by atoms with E-state index in [0.29, 0.717) is 19.0 Å². The number of aryl methyl sites for hydroxylation is 1. The van der Waals surface area contributed by atoms with E-state index in [1.165, 1.54) is 0 Å². The summed E-state index contributed by atoms with van der Waals surface area (Å²) in [6.07, 6.45) is 0.889. The van der Waals surface area contributed by atoms with E-state index in [4.69, 9.17) is 4.74 Å². The predicted octanol–water partition coefficient (Wildman–Crippen LogP) is 0.890. The molecule has 24 heavy (non-hydrogen) atoms. The highest BCUT2D eigenvalue weighted by atomic mass is 16.5. The summed E-state index contributed by atoms with van der Waals surface area (Å²) in [5, 5.41) is 5.06. The van der Waals surface area contributed by atoms with Gasteiger partial charge in [0.1, 0.15) is 12.3 Å². The molecule has 0 saturated heterocycles. The molecule has 0 aliphatic heterocycles. The second-order valence-electron chi connectivity index (χ2n) is 6.61. The Morgan fingerprint density at radius 1 is 1.29 bits per heavy atom. The summed E-state index contributed by atoms with van der Waals surface area (Å²) in [5.41, 5.74) is 2.19. The number of quaternary nitrogens is 1. The van der Waals surface area contributed by atoms with Crippen LogP contribution in [0.15, 0.2) is 18.2 Å². The fourth-order valence-electron chi connectivity index (χ4n) is 2.40. The van der Waals surface area contributed by atoms with Crippen LogP contribution in [0.25, 0.3) is 0 Å². The zero-order chi connectivity index (χ0) is 18.1. The minimum Gasteiger partial charge on any atom is -0.496 e. The van der Waals surface area contributed by atoms with Crippen LogP contribution in [0.4, 0.5) is 4.79 Å². The first kappa shape index (κ1) is 20.0. The van der Waals surface area contributed by atoms with E-state index in [1.807, 2.05) is 26.1 Å². The molecule has 0 aliphatic rings. The molecule has 0 radical (unpaired) electrons. The van der Waals surface area contributed by atoms with Crippen molar-refractivity contribution >= 4 is 11.9 Å². The van der Waals surface area contributed by atoms with Gasteiger partial charge < -0.3 is 15.0 Å². The van der Waals surface area contributed by atoms with Gasteiger partial charge in [-0.25, -0.2) is 4.79 Å². The molecule has 0 aromatic heterocycles. The van der Waals surface area contributed by atoms with Gasteiger partial charge in [0.25, 0.3) is 5.91 Å². The maximum atomic E-state index is 11.9. The van der Waals surface area contributed by atoms with E-state index in [0.717, 1.165) is 28.2 Å². The number of amides is 3. The number of hydrogen-bond acceptors (Lipinski definition) is 3. The Kier molecular flexibility index (Phi) is 8.26. The summed E-state index contributed by atoms with van der Waals surface area (Å²) >= 11 is 0. The van der Waals surface area contributed by atoms with Gasteiger partial charge in [-0.1, -0.05) is 25.5 Å². The van der Waals surface area contributed by atoms with Crippen LogP contribution in [-0.2, 0) is 11.3 Å². The Labute approximate surface area is 144 Å². The Morgan fingerprint density at radius 2 is 2.00 bits per heavy atom. The molecule has 0 bridgehead atoms. The van der Waals surface area contributed by atoms with Gasteiger partial charge in [0.15, 0.2) is 6.54 Å².